The Labute approximate surface area is 108 Å². The molecule has 1 aliphatic rings. The highest BCUT2D eigenvalue weighted by Gasteiger charge is 2.31. The molecule has 1 aromatic heterocycles. The van der Waals surface area contributed by atoms with Gasteiger partial charge in [0, 0.05) is 31.5 Å². The molecule has 2 heterocycles. The predicted molar refractivity (Wildman–Crippen MR) is 70.3 cm³/mol. The van der Waals surface area contributed by atoms with Crippen molar-refractivity contribution in [3.63, 3.8) is 0 Å². The molecule has 2 N–H and O–H groups in total. The zero-order valence-corrected chi connectivity index (χ0v) is 11.1. The van der Waals surface area contributed by atoms with Crippen LogP contribution in [0.15, 0.2) is 24.5 Å². The Morgan fingerprint density at radius 3 is 2.94 bits per heavy atom. The van der Waals surface area contributed by atoms with Gasteiger partial charge in [0.25, 0.3) is 0 Å². The molecule has 5 nitrogen and oxygen atoms in total. The van der Waals surface area contributed by atoms with E-state index in [9.17, 15) is 8.42 Å². The topological polar surface area (TPSA) is 76.3 Å². The fourth-order valence-electron chi connectivity index (χ4n) is 2.35. The summed E-state index contributed by atoms with van der Waals surface area (Å²) in [5.41, 5.74) is 6.39. The van der Waals surface area contributed by atoms with Crippen LogP contribution in [0.1, 0.15) is 24.8 Å². The summed E-state index contributed by atoms with van der Waals surface area (Å²) in [5.74, 6) is 0.0112. The summed E-state index contributed by atoms with van der Waals surface area (Å²) in [6, 6.07) is 3.49. The Balaban J connectivity index is 2.14. The van der Waals surface area contributed by atoms with Crippen LogP contribution >= 0.6 is 0 Å². The fourth-order valence-corrected chi connectivity index (χ4v) is 4.16. The van der Waals surface area contributed by atoms with Crippen molar-refractivity contribution in [2.45, 2.75) is 31.1 Å². The minimum absolute atomic E-state index is 0.0112. The van der Waals surface area contributed by atoms with Gasteiger partial charge in [-0.15, -0.1) is 0 Å². The monoisotopic (exact) mass is 269 g/mol. The molecule has 100 valence electrons. The molecule has 1 saturated heterocycles. The number of rotatable bonds is 4. The molecule has 0 radical (unpaired) electrons. The van der Waals surface area contributed by atoms with Crippen LogP contribution in [0, 0.1) is 0 Å². The van der Waals surface area contributed by atoms with E-state index in [1.807, 2.05) is 0 Å². The second kappa shape index (κ2) is 5.77. The van der Waals surface area contributed by atoms with E-state index in [0.717, 1.165) is 24.8 Å². The third-order valence-corrected chi connectivity index (χ3v) is 5.17. The van der Waals surface area contributed by atoms with Crippen molar-refractivity contribution in [1.29, 1.82) is 0 Å². The Bertz CT molecular complexity index is 475. The highest BCUT2D eigenvalue weighted by Crippen LogP contribution is 2.22. The number of hydrogen-bond acceptors (Lipinski definition) is 4. The third-order valence-electron chi connectivity index (χ3n) is 3.27. The number of nitrogens with two attached hydrogens (primary N) is 1. The summed E-state index contributed by atoms with van der Waals surface area (Å²) in [5, 5.41) is 0. The van der Waals surface area contributed by atoms with Crippen molar-refractivity contribution in [3.05, 3.63) is 30.1 Å². The zero-order valence-electron chi connectivity index (χ0n) is 10.3. The van der Waals surface area contributed by atoms with Crippen molar-refractivity contribution in [2.75, 3.05) is 13.1 Å². The second-order valence-electron chi connectivity index (χ2n) is 4.61. The van der Waals surface area contributed by atoms with Gasteiger partial charge < -0.3 is 5.73 Å². The summed E-state index contributed by atoms with van der Waals surface area (Å²) in [6.45, 7) is 0.983. The van der Waals surface area contributed by atoms with E-state index in [0.29, 0.717) is 13.1 Å². The largest absolute Gasteiger partial charge is 0.329 e. The van der Waals surface area contributed by atoms with Gasteiger partial charge in [-0.3, -0.25) is 4.98 Å². The van der Waals surface area contributed by atoms with Crippen LogP contribution in [0.2, 0.25) is 0 Å². The normalized spacial score (nSPS) is 21.9. The Morgan fingerprint density at radius 1 is 1.44 bits per heavy atom. The third kappa shape index (κ3) is 3.07. The Kier molecular flexibility index (Phi) is 4.31. The van der Waals surface area contributed by atoms with Crippen LogP contribution in [0.25, 0.3) is 0 Å². The summed E-state index contributed by atoms with van der Waals surface area (Å²) < 4.78 is 26.3. The van der Waals surface area contributed by atoms with Gasteiger partial charge in [0.2, 0.25) is 10.0 Å². The van der Waals surface area contributed by atoms with Crippen LogP contribution in [0.5, 0.6) is 0 Å². The van der Waals surface area contributed by atoms with Crippen molar-refractivity contribution < 1.29 is 8.42 Å². The zero-order chi connectivity index (χ0) is 13.0. The van der Waals surface area contributed by atoms with Crippen LogP contribution in [0.3, 0.4) is 0 Å². The molecule has 6 heteroatoms. The van der Waals surface area contributed by atoms with Crippen LogP contribution in [-0.2, 0) is 15.8 Å². The highest BCUT2D eigenvalue weighted by molar-refractivity contribution is 7.88. The number of aromatic nitrogens is 1. The molecule has 0 bridgehead atoms. The standard InChI is InChI=1S/C12H19N3O2S/c13-8-12-5-1-2-7-15(12)18(16,17)10-11-4-3-6-14-9-11/h3-4,6,9,12H,1-2,5,7-8,10,13H2/t12-/m0/s1. The first-order valence-corrected chi connectivity index (χ1v) is 7.83. The first-order valence-electron chi connectivity index (χ1n) is 6.22. The van der Waals surface area contributed by atoms with Crippen molar-refractivity contribution in [3.8, 4) is 0 Å². The second-order valence-corrected chi connectivity index (χ2v) is 6.54. The molecule has 1 atom stereocenters. The Hall–Kier alpha value is -0.980. The van der Waals surface area contributed by atoms with E-state index in [1.165, 1.54) is 0 Å². The molecule has 0 aromatic carbocycles. The summed E-state index contributed by atoms with van der Waals surface area (Å²) >= 11 is 0. The number of nitrogens with zero attached hydrogens (tertiary/aromatic N) is 2. The van der Waals surface area contributed by atoms with Gasteiger partial charge in [0.05, 0.1) is 5.75 Å². The fraction of sp³-hybridized carbons (Fsp3) is 0.583. The van der Waals surface area contributed by atoms with E-state index >= 15 is 0 Å². The van der Waals surface area contributed by atoms with Gasteiger partial charge in [0.15, 0.2) is 0 Å². The van der Waals surface area contributed by atoms with Crippen LogP contribution in [-0.4, -0.2) is 36.8 Å². The van der Waals surface area contributed by atoms with Crippen molar-refractivity contribution in [1.82, 2.24) is 9.29 Å². The van der Waals surface area contributed by atoms with Crippen molar-refractivity contribution >= 4 is 10.0 Å². The molecule has 1 aliphatic heterocycles. The molecule has 0 unspecified atom stereocenters. The molecule has 0 aliphatic carbocycles. The lowest BCUT2D eigenvalue weighted by atomic mass is 10.1. The lowest BCUT2D eigenvalue weighted by Gasteiger charge is -2.33. The summed E-state index contributed by atoms with van der Waals surface area (Å²) in [6.07, 6.45) is 6.07. The minimum Gasteiger partial charge on any atom is -0.329 e. The van der Waals surface area contributed by atoms with Gasteiger partial charge in [-0.25, -0.2) is 8.42 Å². The summed E-state index contributed by atoms with van der Waals surface area (Å²) in [4.78, 5) is 3.95. The van der Waals surface area contributed by atoms with Crippen LogP contribution < -0.4 is 5.73 Å². The minimum atomic E-state index is -3.28. The van der Waals surface area contributed by atoms with E-state index in [1.54, 1.807) is 28.8 Å². The maximum absolute atomic E-state index is 12.4. The first kappa shape index (κ1) is 13.5. The number of sulfonamides is 1. The molecule has 1 aromatic rings. The lowest BCUT2D eigenvalue weighted by Crippen LogP contribution is -2.47. The molecule has 0 spiro atoms. The number of piperidine rings is 1. The van der Waals surface area contributed by atoms with Gasteiger partial charge in [0.1, 0.15) is 0 Å². The highest BCUT2D eigenvalue weighted by atomic mass is 32.2. The van der Waals surface area contributed by atoms with E-state index in [-0.39, 0.29) is 11.8 Å². The molecule has 0 saturated carbocycles. The van der Waals surface area contributed by atoms with E-state index in [2.05, 4.69) is 4.98 Å². The molecule has 18 heavy (non-hydrogen) atoms. The average molecular weight is 269 g/mol. The van der Waals surface area contributed by atoms with Gasteiger partial charge in [-0.2, -0.15) is 4.31 Å². The number of pyridine rings is 1. The predicted octanol–water partition coefficient (Wildman–Crippen LogP) is 0.725. The quantitative estimate of drug-likeness (QED) is 0.874. The maximum Gasteiger partial charge on any atom is 0.218 e. The summed E-state index contributed by atoms with van der Waals surface area (Å²) in [7, 11) is -3.28. The van der Waals surface area contributed by atoms with Crippen molar-refractivity contribution in [2.24, 2.45) is 5.73 Å². The smallest absolute Gasteiger partial charge is 0.218 e. The molecular formula is C12H19N3O2S. The SMILES string of the molecule is NC[C@@H]1CCCCN1S(=O)(=O)Cc1cccnc1. The lowest BCUT2D eigenvalue weighted by molar-refractivity contribution is 0.257. The number of hydrogen-bond donors (Lipinski definition) is 1. The first-order chi connectivity index (χ1) is 8.63. The van der Waals surface area contributed by atoms with Gasteiger partial charge in [-0.1, -0.05) is 12.5 Å². The molecule has 1 fully saturated rings. The maximum atomic E-state index is 12.4. The molecular weight excluding hydrogens is 250 g/mol. The Morgan fingerprint density at radius 2 is 2.28 bits per heavy atom. The van der Waals surface area contributed by atoms with Gasteiger partial charge in [-0.05, 0) is 24.5 Å². The van der Waals surface area contributed by atoms with E-state index in [4.69, 9.17) is 5.73 Å². The molecule has 0 amide bonds. The molecule has 2 rings (SSSR count). The van der Waals surface area contributed by atoms with Gasteiger partial charge >= 0.3 is 0 Å². The van der Waals surface area contributed by atoms with Crippen LogP contribution in [0.4, 0.5) is 0 Å². The van der Waals surface area contributed by atoms with E-state index < -0.39 is 10.0 Å². The average Bonchev–Trinajstić information content (AvgIpc) is 2.39.